The summed E-state index contributed by atoms with van der Waals surface area (Å²) in [5.74, 6) is -0.488. The summed E-state index contributed by atoms with van der Waals surface area (Å²) in [6.07, 6.45) is 0. The molecule has 2 rings (SSSR count). The van der Waals surface area contributed by atoms with Gasteiger partial charge in [0.05, 0.1) is 0 Å². The average molecular weight is 441 g/mol. The second kappa shape index (κ2) is 8.24. The van der Waals surface area contributed by atoms with Crippen molar-refractivity contribution in [3.05, 3.63) is 35.7 Å². The summed E-state index contributed by atoms with van der Waals surface area (Å²) < 4.78 is 35.7. The molecule has 26 heavy (non-hydrogen) atoms. The van der Waals surface area contributed by atoms with Crippen molar-refractivity contribution in [1.82, 2.24) is 19.7 Å². The molecule has 0 saturated carbocycles. The molecule has 0 unspecified atom stereocenters. The molecule has 1 heterocycles. The number of rotatable bonds is 6. The van der Waals surface area contributed by atoms with Gasteiger partial charge in [-0.25, -0.2) is 0 Å². The number of ether oxygens (including phenoxy) is 2. The number of carbonyl (C=O) groups is 2. The molecule has 1 aromatic heterocycles. The molecule has 0 aliphatic rings. The number of methoxy groups -OCH3 is 2. The van der Waals surface area contributed by atoms with Crippen LogP contribution in [0.25, 0.3) is 0 Å². The molecule has 0 fully saturated rings. The molecule has 0 aliphatic carbocycles. The molecule has 137 valence electrons. The third kappa shape index (κ3) is 4.76. The summed E-state index contributed by atoms with van der Waals surface area (Å²) in [4.78, 5) is 35.3. The number of carbonyl (C=O) groups excluding carboxylic acids is 2. The van der Waals surface area contributed by atoms with Gasteiger partial charge in [0.25, 0.3) is 0 Å². The second-order valence-corrected chi connectivity index (χ2v) is 8.49. The Balaban J connectivity index is 2.24. The van der Waals surface area contributed by atoms with Crippen LogP contribution >= 0.6 is 0 Å². The van der Waals surface area contributed by atoms with E-state index < -0.39 is 36.4 Å². The van der Waals surface area contributed by atoms with Crippen LogP contribution in [0, 0.1) is 6.92 Å². The van der Waals surface area contributed by atoms with Crippen molar-refractivity contribution in [1.29, 1.82) is 0 Å². The number of amides is 1. The number of nitrogens with one attached hydrogen (secondary N) is 1. The van der Waals surface area contributed by atoms with Crippen LogP contribution in [0.5, 0.6) is 6.01 Å². The van der Waals surface area contributed by atoms with E-state index in [0.29, 0.717) is 5.82 Å². The maximum atomic E-state index is 12.5. The van der Waals surface area contributed by atoms with E-state index in [1.807, 2.05) is 4.72 Å². The van der Waals surface area contributed by atoms with Gasteiger partial charge in [0, 0.05) is 0 Å². The molecule has 12 heteroatoms. The van der Waals surface area contributed by atoms with Gasteiger partial charge >= 0.3 is 156 Å². The van der Waals surface area contributed by atoms with Crippen LogP contribution in [0.1, 0.15) is 16.2 Å². The van der Waals surface area contributed by atoms with Crippen molar-refractivity contribution in [2.45, 2.75) is 11.8 Å². The summed E-state index contributed by atoms with van der Waals surface area (Å²) >= 11 is -1.38. The number of hydrogen-bond donors (Lipinski definition) is 1. The normalized spacial score (nSPS) is 11.3. The van der Waals surface area contributed by atoms with E-state index >= 15 is 0 Å². The Morgan fingerprint density at radius 3 is 2.46 bits per heavy atom. The van der Waals surface area contributed by atoms with Crippen LogP contribution < -0.4 is 14.1 Å². The van der Waals surface area contributed by atoms with Gasteiger partial charge < -0.3 is 0 Å². The van der Waals surface area contributed by atoms with Crippen LogP contribution in [0.15, 0.2) is 29.2 Å². The molecule has 1 amide bonds. The van der Waals surface area contributed by atoms with Crippen LogP contribution in [-0.2, 0) is 14.8 Å². The number of sulfonamides is 1. The third-order valence-electron chi connectivity index (χ3n) is 2.90. The predicted molar refractivity (Wildman–Crippen MR) is 90.0 cm³/mol. The Hall–Kier alpha value is -2.52. The fourth-order valence-electron chi connectivity index (χ4n) is 1.85. The molecule has 2 aromatic rings. The van der Waals surface area contributed by atoms with Crippen molar-refractivity contribution in [2.75, 3.05) is 14.2 Å². The molecular weight excluding hydrogens is 427 g/mol. The first-order chi connectivity index (χ1) is 12.3. The molecule has 1 radical (unpaired) electrons. The molecule has 0 atom stereocenters. The van der Waals surface area contributed by atoms with Crippen molar-refractivity contribution < 1.29 is 27.5 Å². The zero-order valence-corrected chi connectivity index (χ0v) is 16.6. The Labute approximate surface area is 156 Å². The number of benzene rings is 1. The molecule has 0 saturated heterocycles. The topological polar surface area (TPSA) is 137 Å². The summed E-state index contributed by atoms with van der Waals surface area (Å²) in [5.41, 5.74) is -0.177. The maximum absolute atomic E-state index is 12.5. The van der Waals surface area contributed by atoms with Crippen molar-refractivity contribution in [3.63, 3.8) is 0 Å². The van der Waals surface area contributed by atoms with E-state index in [9.17, 15) is 18.0 Å². The molecular formula is C14H14AsN4O6S. The number of aryl methyl sites for hydroxylation is 1. The molecule has 1 N–H and O–H groups in total. The monoisotopic (exact) mass is 441 g/mol. The van der Waals surface area contributed by atoms with E-state index in [0.717, 1.165) is 7.11 Å². The van der Waals surface area contributed by atoms with Crippen LogP contribution in [0.4, 0.5) is 4.79 Å². The van der Waals surface area contributed by atoms with Crippen molar-refractivity contribution >= 4 is 41.1 Å². The Morgan fingerprint density at radius 1 is 1.12 bits per heavy atom. The first-order valence-electron chi connectivity index (χ1n) is 6.99. The van der Waals surface area contributed by atoms with E-state index in [1.54, 1.807) is 6.92 Å². The zero-order chi connectivity index (χ0) is 19.3. The quantitative estimate of drug-likeness (QED) is 0.460. The van der Waals surface area contributed by atoms with Gasteiger partial charge in [-0.1, -0.05) is 0 Å². The van der Waals surface area contributed by atoms with E-state index in [4.69, 9.17) is 4.74 Å². The van der Waals surface area contributed by atoms with E-state index in [1.165, 1.54) is 31.4 Å². The number of esters is 1. The minimum absolute atomic E-state index is 0.0366. The van der Waals surface area contributed by atoms with Crippen LogP contribution in [0.2, 0.25) is 0 Å². The van der Waals surface area contributed by atoms with E-state index in [-0.39, 0.29) is 21.1 Å². The Morgan fingerprint density at radius 2 is 1.81 bits per heavy atom. The third-order valence-corrected chi connectivity index (χ3v) is 6.12. The van der Waals surface area contributed by atoms with Gasteiger partial charge in [0.2, 0.25) is 0 Å². The fourth-order valence-corrected chi connectivity index (χ4v) is 5.05. The second-order valence-electron chi connectivity index (χ2n) is 4.68. The summed E-state index contributed by atoms with van der Waals surface area (Å²) in [6, 6.07) is 5.44. The summed E-state index contributed by atoms with van der Waals surface area (Å²) in [5, 5.41) is 0. The minimum atomic E-state index is -4.27. The van der Waals surface area contributed by atoms with E-state index in [2.05, 4.69) is 19.7 Å². The first-order valence-corrected chi connectivity index (χ1v) is 10.4. The van der Waals surface area contributed by atoms with Gasteiger partial charge in [-0.3, -0.25) is 0 Å². The van der Waals surface area contributed by atoms with Crippen molar-refractivity contribution in [2.24, 2.45) is 0 Å². The molecule has 0 aliphatic heterocycles. The summed E-state index contributed by atoms with van der Waals surface area (Å²) in [7, 11) is -1.78. The van der Waals surface area contributed by atoms with Crippen molar-refractivity contribution in [3.8, 4) is 6.01 Å². The van der Waals surface area contributed by atoms with Gasteiger partial charge in [0.1, 0.15) is 0 Å². The number of nitrogens with zero attached hydrogens (tertiary/aromatic N) is 3. The van der Waals surface area contributed by atoms with Gasteiger partial charge in [0.15, 0.2) is 0 Å². The predicted octanol–water partition coefficient (Wildman–Crippen LogP) is -0.597. The molecule has 1 aromatic carbocycles. The first kappa shape index (κ1) is 19.8. The van der Waals surface area contributed by atoms with Crippen LogP contribution in [0.3, 0.4) is 0 Å². The molecule has 10 nitrogen and oxygen atoms in total. The van der Waals surface area contributed by atoms with Gasteiger partial charge in [-0.05, 0) is 0 Å². The Bertz CT molecular complexity index is 950. The number of hydrogen-bond acceptors (Lipinski definition) is 9. The van der Waals surface area contributed by atoms with Gasteiger partial charge in [-0.15, -0.1) is 0 Å². The SMILES string of the molecule is COC(=O)c1ccccc1S(=O)(=O)NC(=O)[As]c1nc(C)nc(OC)n1. The molecule has 0 bridgehead atoms. The van der Waals surface area contributed by atoms with Crippen LogP contribution in [-0.4, -0.2) is 64.0 Å². The number of aromatic nitrogens is 3. The zero-order valence-electron chi connectivity index (χ0n) is 14.0. The van der Waals surface area contributed by atoms with Gasteiger partial charge in [-0.2, -0.15) is 0 Å². The Kier molecular flexibility index (Phi) is 6.27. The fraction of sp³-hybridized carbons (Fsp3) is 0.214. The molecule has 0 spiro atoms. The average Bonchev–Trinajstić information content (AvgIpc) is 2.59. The standard InChI is InChI=1S/C14H14AsN4O6S/c1-8-16-12(18-14(17-8)25-3)15-13(21)19-26(22,23)10-7-5-4-6-9(10)11(20)24-2/h4-7H,1-3H3,(H,19,21). The summed E-state index contributed by atoms with van der Waals surface area (Å²) in [6.45, 7) is 1.59.